The standard InChI is InChI=1S/C26H28ClN9/c1-18-10-29-12-23(27)22(18)14-34-8-3-20(4-9-34)35-15-26(16-35,5-6-28)36-13-19(11-33-36)24-21-2-7-30-25(21)32-17-31-24/h2,7,10-13,17,20H,3-5,8-9,14-16H2,1H3,(H,30,31,32). The van der Waals surface area contributed by atoms with Crippen LogP contribution in [0, 0.1) is 18.3 Å². The summed E-state index contributed by atoms with van der Waals surface area (Å²) in [6, 6.07) is 4.91. The van der Waals surface area contributed by atoms with Crippen molar-refractivity contribution < 1.29 is 0 Å². The van der Waals surface area contributed by atoms with E-state index in [-0.39, 0.29) is 5.54 Å². The number of hydrogen-bond donors (Lipinski definition) is 1. The largest absolute Gasteiger partial charge is 0.346 e. The summed E-state index contributed by atoms with van der Waals surface area (Å²) in [5, 5.41) is 16.0. The van der Waals surface area contributed by atoms with Gasteiger partial charge in [0.1, 0.15) is 17.5 Å². The number of halogens is 1. The average Bonchev–Trinajstić information content (AvgIpc) is 3.54. The Hall–Kier alpha value is -3.32. The number of likely N-dealkylation sites (tertiary alicyclic amines) is 2. The van der Waals surface area contributed by atoms with Crippen LogP contribution in [0.15, 0.2) is 43.4 Å². The van der Waals surface area contributed by atoms with Crippen LogP contribution in [-0.4, -0.2) is 71.7 Å². The number of hydrogen-bond acceptors (Lipinski definition) is 7. The SMILES string of the molecule is Cc1cncc(Cl)c1CN1CCC(N2CC(CC#N)(n3cc(-c4ncnc5[nH]ccc45)cn3)C2)CC1. The molecule has 4 aromatic rings. The molecule has 2 aliphatic heterocycles. The van der Waals surface area contributed by atoms with E-state index in [0.29, 0.717) is 12.5 Å². The maximum absolute atomic E-state index is 9.63. The van der Waals surface area contributed by atoms with Gasteiger partial charge in [-0.15, -0.1) is 0 Å². The predicted octanol–water partition coefficient (Wildman–Crippen LogP) is 3.77. The molecule has 4 aromatic heterocycles. The van der Waals surface area contributed by atoms with Gasteiger partial charge in [0.2, 0.25) is 0 Å². The van der Waals surface area contributed by atoms with Crippen LogP contribution in [0.5, 0.6) is 0 Å². The van der Waals surface area contributed by atoms with Gasteiger partial charge >= 0.3 is 0 Å². The van der Waals surface area contributed by atoms with Gasteiger partial charge in [-0.3, -0.25) is 19.5 Å². The molecule has 6 heterocycles. The molecule has 0 spiro atoms. The number of piperidine rings is 1. The molecule has 0 atom stereocenters. The third-order valence-electron chi connectivity index (χ3n) is 7.77. The third kappa shape index (κ3) is 4.05. The molecule has 2 aliphatic rings. The summed E-state index contributed by atoms with van der Waals surface area (Å²) >= 11 is 6.40. The van der Waals surface area contributed by atoms with Crippen LogP contribution in [0.1, 0.15) is 30.4 Å². The molecule has 1 N–H and O–H groups in total. The zero-order chi connectivity index (χ0) is 24.7. The van der Waals surface area contributed by atoms with E-state index in [4.69, 9.17) is 16.7 Å². The Kier molecular flexibility index (Phi) is 5.96. The molecule has 2 saturated heterocycles. The lowest BCUT2D eigenvalue weighted by Gasteiger charge is -2.53. The fraction of sp³-hybridized carbons (Fsp3) is 0.423. The van der Waals surface area contributed by atoms with Gasteiger partial charge in [-0.25, -0.2) is 9.97 Å². The summed E-state index contributed by atoms with van der Waals surface area (Å²) in [7, 11) is 0. The second kappa shape index (κ2) is 9.28. The molecule has 0 aromatic carbocycles. The number of H-pyrrole nitrogens is 1. The molecule has 2 fully saturated rings. The highest BCUT2D eigenvalue weighted by molar-refractivity contribution is 6.31. The number of fused-ring (bicyclic) bond motifs is 1. The summed E-state index contributed by atoms with van der Waals surface area (Å²) in [6.45, 7) is 6.69. The molecule has 0 aliphatic carbocycles. The number of nitrogens with one attached hydrogen (secondary N) is 1. The van der Waals surface area contributed by atoms with Crippen LogP contribution in [0.4, 0.5) is 0 Å². The van der Waals surface area contributed by atoms with Crippen LogP contribution in [-0.2, 0) is 12.1 Å². The summed E-state index contributed by atoms with van der Waals surface area (Å²) in [5.74, 6) is 0. The van der Waals surface area contributed by atoms with Crippen molar-refractivity contribution in [1.82, 2.24) is 39.5 Å². The van der Waals surface area contributed by atoms with E-state index in [9.17, 15) is 5.26 Å². The Balaban J connectivity index is 1.12. The predicted molar refractivity (Wildman–Crippen MR) is 137 cm³/mol. The number of rotatable bonds is 6. The maximum Gasteiger partial charge on any atom is 0.141 e. The van der Waals surface area contributed by atoms with E-state index < -0.39 is 0 Å². The maximum atomic E-state index is 9.63. The van der Waals surface area contributed by atoms with E-state index >= 15 is 0 Å². The monoisotopic (exact) mass is 501 g/mol. The van der Waals surface area contributed by atoms with Gasteiger partial charge in [-0.05, 0) is 50.0 Å². The van der Waals surface area contributed by atoms with Crippen LogP contribution in [0.3, 0.4) is 0 Å². The quantitative estimate of drug-likeness (QED) is 0.429. The highest BCUT2D eigenvalue weighted by Gasteiger charge is 2.48. The van der Waals surface area contributed by atoms with Crippen molar-refractivity contribution in [2.45, 2.75) is 44.3 Å². The highest BCUT2D eigenvalue weighted by Crippen LogP contribution is 2.37. The Bertz CT molecular complexity index is 1400. The number of nitrogens with zero attached hydrogens (tertiary/aromatic N) is 8. The fourth-order valence-corrected chi connectivity index (χ4v) is 5.95. The van der Waals surface area contributed by atoms with Gasteiger partial charge in [0, 0.05) is 61.4 Å². The van der Waals surface area contributed by atoms with Crippen LogP contribution < -0.4 is 0 Å². The highest BCUT2D eigenvalue weighted by atomic mass is 35.5. The van der Waals surface area contributed by atoms with Crippen molar-refractivity contribution in [2.75, 3.05) is 26.2 Å². The summed E-state index contributed by atoms with van der Waals surface area (Å²) < 4.78 is 1.99. The van der Waals surface area contributed by atoms with Gasteiger partial charge in [0.15, 0.2) is 0 Å². The fourth-order valence-electron chi connectivity index (χ4n) is 5.68. The summed E-state index contributed by atoms with van der Waals surface area (Å²) in [6.07, 6.45) is 13.6. The lowest BCUT2D eigenvalue weighted by Crippen LogP contribution is -2.66. The number of nitriles is 1. The van der Waals surface area contributed by atoms with E-state index in [0.717, 1.165) is 78.4 Å². The number of aromatic amines is 1. The van der Waals surface area contributed by atoms with Crippen molar-refractivity contribution >= 4 is 22.6 Å². The van der Waals surface area contributed by atoms with Crippen molar-refractivity contribution in [3.63, 3.8) is 0 Å². The molecular weight excluding hydrogens is 474 g/mol. The van der Waals surface area contributed by atoms with E-state index in [1.54, 1.807) is 12.5 Å². The van der Waals surface area contributed by atoms with Crippen LogP contribution in [0.25, 0.3) is 22.3 Å². The van der Waals surface area contributed by atoms with Gasteiger partial charge in [-0.2, -0.15) is 10.4 Å². The van der Waals surface area contributed by atoms with Crippen molar-refractivity contribution in [1.29, 1.82) is 5.26 Å². The Morgan fingerprint density at radius 3 is 2.81 bits per heavy atom. The molecule has 184 valence electrons. The van der Waals surface area contributed by atoms with Crippen LogP contribution in [0.2, 0.25) is 5.02 Å². The van der Waals surface area contributed by atoms with E-state index in [1.807, 2.05) is 35.5 Å². The summed E-state index contributed by atoms with van der Waals surface area (Å²) in [4.78, 5) is 21.1. The minimum absolute atomic E-state index is 0.296. The third-order valence-corrected chi connectivity index (χ3v) is 8.10. The molecular formula is C26H28ClN9. The van der Waals surface area contributed by atoms with Crippen molar-refractivity contribution in [3.8, 4) is 17.3 Å². The second-order valence-electron chi connectivity index (χ2n) is 10.0. The Labute approximate surface area is 214 Å². The first-order chi connectivity index (χ1) is 17.6. The topological polar surface area (TPSA) is 103 Å². The first-order valence-corrected chi connectivity index (χ1v) is 12.7. The smallest absolute Gasteiger partial charge is 0.141 e. The average molecular weight is 502 g/mol. The lowest BCUT2D eigenvalue weighted by atomic mass is 9.83. The Morgan fingerprint density at radius 2 is 2.03 bits per heavy atom. The van der Waals surface area contributed by atoms with E-state index in [1.165, 1.54) is 5.56 Å². The van der Waals surface area contributed by atoms with Gasteiger partial charge < -0.3 is 4.98 Å². The molecule has 0 unspecified atom stereocenters. The van der Waals surface area contributed by atoms with Gasteiger partial charge in [0.05, 0.1) is 29.4 Å². The lowest BCUT2D eigenvalue weighted by molar-refractivity contribution is -0.0436. The molecule has 0 bridgehead atoms. The van der Waals surface area contributed by atoms with E-state index in [2.05, 4.69) is 42.7 Å². The molecule has 36 heavy (non-hydrogen) atoms. The minimum Gasteiger partial charge on any atom is -0.346 e. The first-order valence-electron chi connectivity index (χ1n) is 12.3. The Morgan fingerprint density at radius 1 is 1.19 bits per heavy atom. The molecule has 0 amide bonds. The minimum atomic E-state index is -0.296. The molecule has 9 nitrogen and oxygen atoms in total. The zero-order valence-corrected chi connectivity index (χ0v) is 21.0. The number of aromatic nitrogens is 6. The van der Waals surface area contributed by atoms with Crippen molar-refractivity contribution in [2.24, 2.45) is 0 Å². The second-order valence-corrected chi connectivity index (χ2v) is 10.4. The zero-order valence-electron chi connectivity index (χ0n) is 20.2. The number of aryl methyl sites for hydroxylation is 1. The first kappa shape index (κ1) is 23.1. The molecule has 0 radical (unpaired) electrons. The number of pyridine rings is 1. The van der Waals surface area contributed by atoms with Crippen molar-refractivity contribution in [3.05, 3.63) is 59.5 Å². The normalized spacial score (nSPS) is 18.8. The van der Waals surface area contributed by atoms with Gasteiger partial charge in [-0.1, -0.05) is 11.6 Å². The van der Waals surface area contributed by atoms with Crippen LogP contribution >= 0.6 is 11.6 Å². The molecule has 6 rings (SSSR count). The molecule has 0 saturated carbocycles. The van der Waals surface area contributed by atoms with Gasteiger partial charge in [0.25, 0.3) is 0 Å². The summed E-state index contributed by atoms with van der Waals surface area (Å²) in [5.41, 5.74) is 4.63. The molecule has 10 heteroatoms.